The molecule has 142 valence electrons. The minimum absolute atomic E-state index is 0.0639. The van der Waals surface area contributed by atoms with E-state index in [1.165, 1.54) is 32.2 Å². The Labute approximate surface area is 157 Å². The number of carbonyl (C=O) groups is 2. The molecule has 0 atom stereocenters. The van der Waals surface area contributed by atoms with Crippen LogP contribution in [0.3, 0.4) is 0 Å². The number of rotatable bonds is 5. The summed E-state index contributed by atoms with van der Waals surface area (Å²) in [5.74, 6) is 0.0210. The minimum atomic E-state index is -3.91. The van der Waals surface area contributed by atoms with Crippen molar-refractivity contribution in [2.24, 2.45) is 0 Å². The van der Waals surface area contributed by atoms with Gasteiger partial charge in [0.2, 0.25) is 11.8 Å². The maximum atomic E-state index is 12.8. The molecule has 0 radical (unpaired) electrons. The quantitative estimate of drug-likeness (QED) is 0.726. The van der Waals surface area contributed by atoms with Gasteiger partial charge in [-0.25, -0.2) is 8.42 Å². The Morgan fingerprint density at radius 2 is 1.89 bits per heavy atom. The number of ether oxygens (including phenoxy) is 1. The first-order valence-corrected chi connectivity index (χ1v) is 9.68. The van der Waals surface area contributed by atoms with Gasteiger partial charge in [-0.15, -0.1) is 0 Å². The van der Waals surface area contributed by atoms with Crippen LogP contribution < -0.4 is 20.1 Å². The Hall–Kier alpha value is -3.07. The molecule has 9 heteroatoms. The average Bonchev–Trinajstić information content (AvgIpc) is 2.62. The van der Waals surface area contributed by atoms with Crippen molar-refractivity contribution in [3.05, 3.63) is 42.0 Å². The lowest BCUT2D eigenvalue weighted by Crippen LogP contribution is -2.20. The molecule has 0 bridgehead atoms. The number of amides is 2. The van der Waals surface area contributed by atoms with Crippen molar-refractivity contribution < 1.29 is 22.7 Å². The lowest BCUT2D eigenvalue weighted by Gasteiger charge is -2.18. The Bertz CT molecular complexity index is 1020. The monoisotopic (exact) mass is 389 g/mol. The lowest BCUT2D eigenvalue weighted by atomic mass is 10.0. The molecule has 0 unspecified atom stereocenters. The highest BCUT2D eigenvalue weighted by molar-refractivity contribution is 7.92. The Morgan fingerprint density at radius 3 is 2.59 bits per heavy atom. The van der Waals surface area contributed by atoms with Crippen molar-refractivity contribution in [3.8, 4) is 5.75 Å². The molecule has 8 nitrogen and oxygen atoms in total. The molecule has 2 amide bonds. The van der Waals surface area contributed by atoms with Gasteiger partial charge < -0.3 is 15.4 Å². The van der Waals surface area contributed by atoms with E-state index in [1.54, 1.807) is 18.2 Å². The smallest absolute Gasteiger partial charge is 0.261 e. The number of carbonyl (C=O) groups excluding carboxylic acids is 2. The number of nitrogens with one attached hydrogen (secondary N) is 3. The van der Waals surface area contributed by atoms with E-state index in [9.17, 15) is 18.0 Å². The normalized spacial score (nSPS) is 13.3. The van der Waals surface area contributed by atoms with E-state index in [0.29, 0.717) is 30.0 Å². The van der Waals surface area contributed by atoms with Gasteiger partial charge in [0, 0.05) is 25.1 Å². The summed E-state index contributed by atoms with van der Waals surface area (Å²) in [5.41, 5.74) is 1.88. The molecule has 0 spiro atoms. The zero-order valence-electron chi connectivity index (χ0n) is 14.8. The summed E-state index contributed by atoms with van der Waals surface area (Å²) >= 11 is 0. The minimum Gasteiger partial charge on any atom is -0.497 e. The Morgan fingerprint density at radius 1 is 1.11 bits per heavy atom. The van der Waals surface area contributed by atoms with E-state index in [2.05, 4.69) is 15.4 Å². The summed E-state index contributed by atoms with van der Waals surface area (Å²) in [6.45, 7) is 1.33. The molecule has 0 saturated heterocycles. The molecule has 1 aliphatic rings. The first-order chi connectivity index (χ1) is 12.8. The van der Waals surface area contributed by atoms with Gasteiger partial charge in [-0.05, 0) is 42.3 Å². The van der Waals surface area contributed by atoms with Gasteiger partial charge in [-0.2, -0.15) is 0 Å². The van der Waals surface area contributed by atoms with Gasteiger partial charge in [0.15, 0.2) is 0 Å². The number of methoxy groups -OCH3 is 1. The predicted molar refractivity (Wildman–Crippen MR) is 101 cm³/mol. The van der Waals surface area contributed by atoms with E-state index in [4.69, 9.17) is 4.74 Å². The van der Waals surface area contributed by atoms with Gasteiger partial charge in [0.1, 0.15) is 5.75 Å². The van der Waals surface area contributed by atoms with Gasteiger partial charge in [-0.1, -0.05) is 0 Å². The first-order valence-electron chi connectivity index (χ1n) is 8.20. The standard InChI is InChI=1S/C18H19N3O5S/c1-11(22)19-16-6-4-13(26-2)10-17(16)21-27(24,25)14-5-7-15-12(9-14)3-8-18(23)20-15/h4-7,9-10,21H,3,8H2,1-2H3,(H,19,22)(H,20,23). The predicted octanol–water partition coefficient (Wildman–Crippen LogP) is 2.34. The average molecular weight is 389 g/mol. The molecule has 0 aromatic heterocycles. The summed E-state index contributed by atoms with van der Waals surface area (Å²) in [7, 11) is -2.45. The molecule has 1 heterocycles. The maximum absolute atomic E-state index is 12.8. The van der Waals surface area contributed by atoms with Crippen LogP contribution in [0.2, 0.25) is 0 Å². The van der Waals surface area contributed by atoms with Crippen LogP contribution in [-0.2, 0) is 26.0 Å². The number of hydrogen-bond acceptors (Lipinski definition) is 5. The molecular formula is C18H19N3O5S. The van der Waals surface area contributed by atoms with E-state index in [1.807, 2.05) is 0 Å². The summed E-state index contributed by atoms with van der Waals surface area (Å²) in [6.07, 6.45) is 0.785. The third kappa shape index (κ3) is 4.20. The van der Waals surface area contributed by atoms with Crippen molar-refractivity contribution in [2.45, 2.75) is 24.7 Å². The number of fused-ring (bicyclic) bond motifs is 1. The molecule has 3 N–H and O–H groups in total. The van der Waals surface area contributed by atoms with Crippen LogP contribution in [-0.4, -0.2) is 27.3 Å². The third-order valence-electron chi connectivity index (χ3n) is 4.06. The number of sulfonamides is 1. The third-order valence-corrected chi connectivity index (χ3v) is 5.43. The number of aryl methyl sites for hydroxylation is 1. The van der Waals surface area contributed by atoms with Gasteiger partial charge >= 0.3 is 0 Å². The fourth-order valence-corrected chi connectivity index (χ4v) is 3.88. The topological polar surface area (TPSA) is 114 Å². The molecule has 2 aromatic rings. The second kappa shape index (κ2) is 7.28. The van der Waals surface area contributed by atoms with E-state index < -0.39 is 10.0 Å². The highest BCUT2D eigenvalue weighted by Crippen LogP contribution is 2.31. The fraction of sp³-hybridized carbons (Fsp3) is 0.222. The zero-order chi connectivity index (χ0) is 19.6. The van der Waals surface area contributed by atoms with E-state index in [-0.39, 0.29) is 22.4 Å². The first kappa shape index (κ1) is 18.7. The number of anilines is 3. The molecule has 27 heavy (non-hydrogen) atoms. The van der Waals surface area contributed by atoms with E-state index >= 15 is 0 Å². The largest absolute Gasteiger partial charge is 0.497 e. The summed E-state index contributed by atoms with van der Waals surface area (Å²) < 4.78 is 33.3. The summed E-state index contributed by atoms with van der Waals surface area (Å²) in [6, 6.07) is 9.19. The van der Waals surface area contributed by atoms with Crippen molar-refractivity contribution in [1.82, 2.24) is 0 Å². The fourth-order valence-electron chi connectivity index (χ4n) is 2.76. The second-order valence-electron chi connectivity index (χ2n) is 6.07. The van der Waals surface area contributed by atoms with Crippen molar-refractivity contribution in [1.29, 1.82) is 0 Å². The van der Waals surface area contributed by atoms with E-state index in [0.717, 1.165) is 5.56 Å². The van der Waals surface area contributed by atoms with Crippen LogP contribution in [0.25, 0.3) is 0 Å². The Kier molecular flexibility index (Phi) is 5.04. The number of hydrogen-bond donors (Lipinski definition) is 3. The van der Waals surface area contributed by atoms with Gasteiger partial charge in [0.05, 0.1) is 23.4 Å². The maximum Gasteiger partial charge on any atom is 0.261 e. The van der Waals surface area contributed by atoms with Crippen LogP contribution in [0.15, 0.2) is 41.3 Å². The lowest BCUT2D eigenvalue weighted by molar-refractivity contribution is -0.116. The Balaban J connectivity index is 1.95. The SMILES string of the molecule is COc1ccc(NC(C)=O)c(NS(=O)(=O)c2ccc3c(c2)CCC(=O)N3)c1. The van der Waals surface area contributed by atoms with Crippen LogP contribution in [0.1, 0.15) is 18.9 Å². The molecule has 3 rings (SSSR count). The van der Waals surface area contributed by atoms with Gasteiger partial charge in [0.25, 0.3) is 10.0 Å². The van der Waals surface area contributed by atoms with Crippen molar-refractivity contribution in [2.75, 3.05) is 22.5 Å². The van der Waals surface area contributed by atoms with Crippen LogP contribution in [0.5, 0.6) is 5.75 Å². The van der Waals surface area contributed by atoms with Crippen LogP contribution in [0.4, 0.5) is 17.1 Å². The molecule has 0 fully saturated rings. The molecule has 1 aliphatic heterocycles. The highest BCUT2D eigenvalue weighted by Gasteiger charge is 2.21. The zero-order valence-corrected chi connectivity index (χ0v) is 15.6. The van der Waals surface area contributed by atoms with Crippen LogP contribution in [0, 0.1) is 0 Å². The molecule has 0 aliphatic carbocycles. The molecule has 2 aromatic carbocycles. The second-order valence-corrected chi connectivity index (χ2v) is 7.75. The highest BCUT2D eigenvalue weighted by atomic mass is 32.2. The van der Waals surface area contributed by atoms with Crippen molar-refractivity contribution >= 4 is 38.9 Å². The summed E-state index contributed by atoms with van der Waals surface area (Å²) in [4.78, 5) is 22.9. The van der Waals surface area contributed by atoms with Crippen LogP contribution >= 0.6 is 0 Å². The molecule has 0 saturated carbocycles. The van der Waals surface area contributed by atoms with Crippen molar-refractivity contribution in [3.63, 3.8) is 0 Å². The summed E-state index contributed by atoms with van der Waals surface area (Å²) in [5, 5.41) is 5.30. The number of benzene rings is 2. The van der Waals surface area contributed by atoms with Gasteiger partial charge in [-0.3, -0.25) is 14.3 Å². The molecular weight excluding hydrogens is 370 g/mol.